The van der Waals surface area contributed by atoms with Crippen molar-refractivity contribution in [3.8, 4) is 0 Å². The van der Waals surface area contributed by atoms with E-state index >= 15 is 0 Å². The first-order chi connectivity index (χ1) is 9.13. The molecule has 1 aromatic carbocycles. The maximum atomic E-state index is 12.3. The fourth-order valence-electron chi connectivity index (χ4n) is 1.81. The highest BCUT2D eigenvalue weighted by atomic mass is 35.5. The molecule has 0 spiro atoms. The number of aryl methyl sites for hydroxylation is 2. The summed E-state index contributed by atoms with van der Waals surface area (Å²) >= 11 is 5.62. The number of rotatable bonds is 4. The van der Waals surface area contributed by atoms with Crippen LogP contribution in [0.2, 0.25) is 0 Å². The summed E-state index contributed by atoms with van der Waals surface area (Å²) in [7, 11) is 1.73. The van der Waals surface area contributed by atoms with Crippen molar-refractivity contribution in [3.63, 3.8) is 0 Å². The highest BCUT2D eigenvalue weighted by molar-refractivity contribution is 6.17. The van der Waals surface area contributed by atoms with E-state index < -0.39 is 0 Å². The normalized spacial score (nSPS) is 10.5. The van der Waals surface area contributed by atoms with Crippen LogP contribution in [0.3, 0.4) is 0 Å². The minimum atomic E-state index is -0.185. The van der Waals surface area contributed by atoms with E-state index in [1.54, 1.807) is 22.8 Å². The first-order valence-electron chi connectivity index (χ1n) is 5.93. The Morgan fingerprint density at radius 1 is 1.42 bits per heavy atom. The number of hydrogen-bond donors (Lipinski definition) is 0. The Kier molecular flexibility index (Phi) is 4.16. The van der Waals surface area contributed by atoms with Crippen molar-refractivity contribution >= 4 is 23.2 Å². The minimum Gasteiger partial charge on any atom is -0.310 e. The van der Waals surface area contributed by atoms with Crippen molar-refractivity contribution in [2.24, 2.45) is 0 Å². The molecular formula is C13H15ClN4O. The lowest BCUT2D eigenvalue weighted by molar-refractivity contribution is 0.0988. The van der Waals surface area contributed by atoms with Gasteiger partial charge in [0, 0.05) is 18.6 Å². The highest BCUT2D eigenvalue weighted by Gasteiger charge is 2.18. The number of halogens is 1. The molecule has 0 fully saturated rings. The summed E-state index contributed by atoms with van der Waals surface area (Å²) in [6.45, 7) is 2.50. The number of nitrogens with zero attached hydrogens (tertiary/aromatic N) is 4. The summed E-state index contributed by atoms with van der Waals surface area (Å²) in [6.07, 6.45) is 1.61. The Hall–Kier alpha value is -1.88. The summed E-state index contributed by atoms with van der Waals surface area (Å²) < 4.78 is 1.56. The van der Waals surface area contributed by atoms with Crippen LogP contribution in [0, 0.1) is 6.92 Å². The van der Waals surface area contributed by atoms with Gasteiger partial charge < -0.3 is 4.90 Å². The summed E-state index contributed by atoms with van der Waals surface area (Å²) in [5, 5.41) is 7.73. The van der Waals surface area contributed by atoms with Crippen LogP contribution in [0.5, 0.6) is 0 Å². The number of alkyl halides is 1. The predicted octanol–water partition coefficient (Wildman–Crippen LogP) is 2.10. The molecule has 0 aliphatic rings. The highest BCUT2D eigenvalue weighted by Crippen LogP contribution is 2.19. The number of carbonyl (C=O) groups excluding carboxylic acids is 1. The maximum absolute atomic E-state index is 12.3. The predicted molar refractivity (Wildman–Crippen MR) is 74.7 cm³/mol. The number of aromatic nitrogens is 3. The molecule has 0 bridgehead atoms. The third-order valence-electron chi connectivity index (χ3n) is 2.85. The Balaban J connectivity index is 2.21. The van der Waals surface area contributed by atoms with Gasteiger partial charge in [0.1, 0.15) is 0 Å². The molecule has 5 nitrogen and oxygen atoms in total. The number of para-hydroxylation sites is 1. The molecule has 0 unspecified atom stereocenters. The summed E-state index contributed by atoms with van der Waals surface area (Å²) in [5.74, 6) is 0.250. The molecule has 0 N–H and O–H groups in total. The molecule has 1 heterocycles. The molecule has 6 heteroatoms. The zero-order valence-corrected chi connectivity index (χ0v) is 11.6. The second kappa shape index (κ2) is 5.84. The van der Waals surface area contributed by atoms with E-state index in [0.717, 1.165) is 11.3 Å². The molecule has 0 saturated carbocycles. The van der Waals surface area contributed by atoms with Crippen LogP contribution in [-0.2, 0) is 6.54 Å². The monoisotopic (exact) mass is 278 g/mol. The lowest BCUT2D eigenvalue weighted by Crippen LogP contribution is -2.27. The van der Waals surface area contributed by atoms with Gasteiger partial charge in [-0.15, -0.1) is 16.7 Å². The minimum absolute atomic E-state index is 0.185. The van der Waals surface area contributed by atoms with Gasteiger partial charge in [0.15, 0.2) is 5.69 Å². The van der Waals surface area contributed by atoms with Gasteiger partial charge in [0.05, 0.1) is 12.7 Å². The summed E-state index contributed by atoms with van der Waals surface area (Å²) in [6, 6.07) is 7.70. The van der Waals surface area contributed by atoms with E-state index in [1.807, 2.05) is 31.2 Å². The molecule has 0 radical (unpaired) electrons. The van der Waals surface area contributed by atoms with E-state index in [2.05, 4.69) is 10.3 Å². The first kappa shape index (κ1) is 13.5. The van der Waals surface area contributed by atoms with Crippen molar-refractivity contribution in [3.05, 3.63) is 41.7 Å². The first-order valence-corrected chi connectivity index (χ1v) is 6.46. The van der Waals surface area contributed by atoms with Crippen molar-refractivity contribution in [1.82, 2.24) is 15.0 Å². The van der Waals surface area contributed by atoms with Gasteiger partial charge in [-0.2, -0.15) is 0 Å². The van der Waals surface area contributed by atoms with Gasteiger partial charge in [-0.3, -0.25) is 9.48 Å². The number of benzene rings is 1. The van der Waals surface area contributed by atoms with Crippen LogP contribution in [0.4, 0.5) is 5.69 Å². The fourth-order valence-corrected chi connectivity index (χ4v) is 1.99. The third kappa shape index (κ3) is 2.93. The zero-order chi connectivity index (χ0) is 13.8. The number of carbonyl (C=O) groups is 1. The molecule has 2 aromatic rings. The Morgan fingerprint density at radius 2 is 2.16 bits per heavy atom. The molecule has 2 rings (SSSR count). The van der Waals surface area contributed by atoms with Gasteiger partial charge in [0.2, 0.25) is 0 Å². The van der Waals surface area contributed by atoms with E-state index in [9.17, 15) is 4.79 Å². The van der Waals surface area contributed by atoms with Crippen LogP contribution >= 0.6 is 11.6 Å². The summed E-state index contributed by atoms with van der Waals surface area (Å²) in [5.41, 5.74) is 2.21. The Labute approximate surface area is 116 Å². The Bertz CT molecular complexity index is 582. The van der Waals surface area contributed by atoms with Gasteiger partial charge in [0.25, 0.3) is 5.91 Å². The van der Waals surface area contributed by atoms with Gasteiger partial charge in [-0.1, -0.05) is 23.4 Å². The van der Waals surface area contributed by atoms with Crippen LogP contribution in [0.1, 0.15) is 16.1 Å². The molecule has 100 valence electrons. The lowest BCUT2D eigenvalue weighted by atomic mass is 10.2. The van der Waals surface area contributed by atoms with Crippen molar-refractivity contribution < 1.29 is 4.79 Å². The molecule has 0 saturated heterocycles. The third-order valence-corrected chi connectivity index (χ3v) is 3.02. The lowest BCUT2D eigenvalue weighted by Gasteiger charge is -2.17. The molecule has 0 aliphatic carbocycles. The topological polar surface area (TPSA) is 51.0 Å². The van der Waals surface area contributed by atoms with Crippen LogP contribution in [0.25, 0.3) is 0 Å². The molecule has 1 aromatic heterocycles. The van der Waals surface area contributed by atoms with E-state index in [1.165, 1.54) is 0 Å². The fraction of sp³-hybridized carbons (Fsp3) is 0.308. The van der Waals surface area contributed by atoms with Crippen LogP contribution < -0.4 is 4.90 Å². The van der Waals surface area contributed by atoms with Gasteiger partial charge in [-0.05, 0) is 18.6 Å². The van der Waals surface area contributed by atoms with E-state index in [4.69, 9.17) is 11.6 Å². The van der Waals surface area contributed by atoms with E-state index in [-0.39, 0.29) is 5.91 Å². The van der Waals surface area contributed by atoms with Crippen LogP contribution in [-0.4, -0.2) is 33.8 Å². The second-order valence-electron chi connectivity index (χ2n) is 4.21. The van der Waals surface area contributed by atoms with Crippen molar-refractivity contribution in [2.45, 2.75) is 13.5 Å². The molecule has 1 amide bonds. The van der Waals surface area contributed by atoms with E-state index in [0.29, 0.717) is 18.1 Å². The van der Waals surface area contributed by atoms with Crippen molar-refractivity contribution in [2.75, 3.05) is 17.8 Å². The van der Waals surface area contributed by atoms with Crippen LogP contribution in [0.15, 0.2) is 30.5 Å². The largest absolute Gasteiger partial charge is 0.310 e. The van der Waals surface area contributed by atoms with Crippen molar-refractivity contribution in [1.29, 1.82) is 0 Å². The number of hydrogen-bond acceptors (Lipinski definition) is 3. The maximum Gasteiger partial charge on any atom is 0.280 e. The number of amides is 1. The average molecular weight is 279 g/mol. The average Bonchev–Trinajstić information content (AvgIpc) is 2.87. The standard InChI is InChI=1S/C13H15ClN4O/c1-10-5-3-4-6-12(10)17(2)13(19)11-9-18(8-7-14)16-15-11/h3-6,9H,7-8H2,1-2H3. The molecule has 0 aliphatic heterocycles. The van der Waals surface area contributed by atoms with Gasteiger partial charge >= 0.3 is 0 Å². The number of anilines is 1. The Morgan fingerprint density at radius 3 is 2.84 bits per heavy atom. The molecule has 19 heavy (non-hydrogen) atoms. The molecular weight excluding hydrogens is 264 g/mol. The molecule has 0 atom stereocenters. The quantitative estimate of drug-likeness (QED) is 0.805. The SMILES string of the molecule is Cc1ccccc1N(C)C(=O)c1cn(CCCl)nn1. The zero-order valence-electron chi connectivity index (χ0n) is 10.9. The second-order valence-corrected chi connectivity index (χ2v) is 4.58. The van der Waals surface area contributed by atoms with Gasteiger partial charge in [-0.25, -0.2) is 0 Å². The summed E-state index contributed by atoms with van der Waals surface area (Å²) in [4.78, 5) is 13.9. The smallest absolute Gasteiger partial charge is 0.280 e.